The minimum Gasteiger partial charge on any atom is -0.490 e. The quantitative estimate of drug-likeness (QED) is 0.505. The maximum Gasteiger partial charge on any atom is 0.225 e. The topological polar surface area (TPSA) is 92.0 Å². The van der Waals surface area contributed by atoms with Crippen LogP contribution in [0.1, 0.15) is 29.7 Å². The molecule has 37 heavy (non-hydrogen) atoms. The first-order valence-corrected chi connectivity index (χ1v) is 13.1. The van der Waals surface area contributed by atoms with Gasteiger partial charge in [0, 0.05) is 25.3 Å². The van der Waals surface area contributed by atoms with Gasteiger partial charge >= 0.3 is 0 Å². The molecule has 0 atom stereocenters. The highest BCUT2D eigenvalue weighted by Gasteiger charge is 2.50. The van der Waals surface area contributed by atoms with Gasteiger partial charge in [0.1, 0.15) is 24.2 Å². The Bertz CT molecular complexity index is 1240. The summed E-state index contributed by atoms with van der Waals surface area (Å²) in [5, 5.41) is 0. The van der Waals surface area contributed by atoms with Crippen LogP contribution in [0.5, 0.6) is 11.5 Å². The minimum atomic E-state index is -0.141. The molecule has 1 spiro atoms. The van der Waals surface area contributed by atoms with Gasteiger partial charge in [0.15, 0.2) is 0 Å². The summed E-state index contributed by atoms with van der Waals surface area (Å²) in [5.74, 6) is 2.49. The molecule has 1 aromatic heterocycles. The molecule has 8 nitrogen and oxygen atoms in total. The number of nitrogens with zero attached hydrogens (tertiary/aromatic N) is 3. The Labute approximate surface area is 216 Å². The highest BCUT2D eigenvalue weighted by molar-refractivity contribution is 5.45. The van der Waals surface area contributed by atoms with E-state index in [-0.39, 0.29) is 17.6 Å². The van der Waals surface area contributed by atoms with Crippen molar-refractivity contribution in [1.82, 2.24) is 9.97 Å². The number of benzene rings is 2. The summed E-state index contributed by atoms with van der Waals surface area (Å²) in [5.41, 5.74) is 9.40. The van der Waals surface area contributed by atoms with Gasteiger partial charge in [0.05, 0.1) is 43.0 Å². The molecule has 3 saturated heterocycles. The van der Waals surface area contributed by atoms with Crippen LogP contribution in [0.2, 0.25) is 0 Å². The second-order valence-corrected chi connectivity index (χ2v) is 11.1. The first-order valence-electron chi connectivity index (χ1n) is 13.1. The van der Waals surface area contributed by atoms with Gasteiger partial charge in [-0.15, -0.1) is 0 Å². The van der Waals surface area contributed by atoms with Gasteiger partial charge in [0.25, 0.3) is 0 Å². The lowest BCUT2D eigenvalue weighted by Gasteiger charge is -2.54. The van der Waals surface area contributed by atoms with Crippen molar-refractivity contribution in [3.63, 3.8) is 0 Å². The molecule has 4 fully saturated rings. The van der Waals surface area contributed by atoms with Crippen molar-refractivity contribution in [2.24, 2.45) is 11.1 Å². The average molecular weight is 501 g/mol. The number of rotatable bonds is 8. The van der Waals surface area contributed by atoms with E-state index in [1.807, 2.05) is 24.4 Å². The van der Waals surface area contributed by atoms with Crippen molar-refractivity contribution in [3.05, 3.63) is 77.6 Å². The minimum absolute atomic E-state index is 0.141. The maximum atomic E-state index is 6.07. The normalized spacial score (nSPS) is 24.8. The molecule has 2 N–H and O–H groups in total. The number of hydrogen-bond acceptors (Lipinski definition) is 8. The molecule has 4 heterocycles. The molecule has 0 unspecified atom stereocenters. The fourth-order valence-corrected chi connectivity index (χ4v) is 5.68. The average Bonchev–Trinajstić information content (AvgIpc) is 2.81. The summed E-state index contributed by atoms with van der Waals surface area (Å²) < 4.78 is 23.1. The van der Waals surface area contributed by atoms with E-state index in [1.165, 1.54) is 11.1 Å². The second kappa shape index (κ2) is 8.97. The molecule has 0 bridgehead atoms. The van der Waals surface area contributed by atoms with Crippen LogP contribution in [0.4, 0.5) is 5.95 Å². The van der Waals surface area contributed by atoms with Gasteiger partial charge in [-0.3, -0.25) is 0 Å². The predicted molar refractivity (Wildman–Crippen MR) is 138 cm³/mol. The van der Waals surface area contributed by atoms with E-state index < -0.39 is 0 Å². The van der Waals surface area contributed by atoms with Crippen LogP contribution in [0.15, 0.2) is 60.8 Å². The number of hydrogen-bond donors (Lipinski definition) is 1. The molecule has 3 aromatic rings. The Morgan fingerprint density at radius 1 is 0.865 bits per heavy atom. The van der Waals surface area contributed by atoms with E-state index >= 15 is 0 Å². The summed E-state index contributed by atoms with van der Waals surface area (Å²) in [6, 6.07) is 19.0. The number of ether oxygens (including phenoxy) is 4. The Morgan fingerprint density at radius 3 is 2.08 bits per heavy atom. The summed E-state index contributed by atoms with van der Waals surface area (Å²) in [4.78, 5) is 11.4. The third kappa shape index (κ3) is 4.23. The van der Waals surface area contributed by atoms with E-state index in [0.29, 0.717) is 25.2 Å². The van der Waals surface area contributed by atoms with E-state index in [2.05, 4.69) is 46.3 Å². The molecule has 4 aliphatic rings. The molecule has 2 aromatic carbocycles. The maximum absolute atomic E-state index is 6.07. The summed E-state index contributed by atoms with van der Waals surface area (Å²) in [7, 11) is 0. The highest BCUT2D eigenvalue weighted by Crippen LogP contribution is 2.41. The molecule has 0 amide bonds. The monoisotopic (exact) mass is 500 g/mol. The lowest BCUT2D eigenvalue weighted by atomic mass is 9.73. The lowest BCUT2D eigenvalue weighted by molar-refractivity contribution is -0.127. The first kappa shape index (κ1) is 23.0. The Morgan fingerprint density at radius 2 is 1.51 bits per heavy atom. The van der Waals surface area contributed by atoms with Gasteiger partial charge in [-0.05, 0) is 54.3 Å². The van der Waals surface area contributed by atoms with Crippen molar-refractivity contribution in [3.8, 4) is 11.5 Å². The highest BCUT2D eigenvalue weighted by atomic mass is 16.5. The van der Waals surface area contributed by atoms with Gasteiger partial charge in [-0.1, -0.05) is 24.3 Å². The molecular weight excluding hydrogens is 468 g/mol. The summed E-state index contributed by atoms with van der Waals surface area (Å²) >= 11 is 0. The van der Waals surface area contributed by atoms with Gasteiger partial charge < -0.3 is 29.6 Å². The van der Waals surface area contributed by atoms with Crippen LogP contribution in [0.3, 0.4) is 0 Å². The Balaban J connectivity index is 0.983. The number of nitrogens with two attached hydrogens (primary N) is 1. The van der Waals surface area contributed by atoms with Crippen molar-refractivity contribution in [1.29, 1.82) is 0 Å². The predicted octanol–water partition coefficient (Wildman–Crippen LogP) is 3.08. The molecule has 192 valence electrons. The van der Waals surface area contributed by atoms with Crippen molar-refractivity contribution < 1.29 is 18.9 Å². The molecule has 1 aliphatic carbocycles. The molecule has 0 radical (unpaired) electrons. The smallest absolute Gasteiger partial charge is 0.225 e. The Hall–Kier alpha value is -3.20. The van der Waals surface area contributed by atoms with Crippen LogP contribution >= 0.6 is 0 Å². The summed E-state index contributed by atoms with van der Waals surface area (Å²) in [6.07, 6.45) is 3.92. The fraction of sp³-hybridized carbons (Fsp3) is 0.448. The van der Waals surface area contributed by atoms with E-state index in [0.717, 1.165) is 62.3 Å². The fourth-order valence-electron chi connectivity index (χ4n) is 5.68. The van der Waals surface area contributed by atoms with E-state index in [4.69, 9.17) is 29.7 Å². The van der Waals surface area contributed by atoms with Gasteiger partial charge in [-0.2, -0.15) is 0 Å². The van der Waals surface area contributed by atoms with Crippen molar-refractivity contribution >= 4 is 5.95 Å². The molecule has 7 rings (SSSR count). The number of anilines is 1. The third-order valence-corrected chi connectivity index (χ3v) is 8.18. The van der Waals surface area contributed by atoms with Crippen LogP contribution in [0, 0.1) is 5.41 Å². The summed E-state index contributed by atoms with van der Waals surface area (Å²) in [6.45, 7) is 5.37. The largest absolute Gasteiger partial charge is 0.490 e. The van der Waals surface area contributed by atoms with Crippen LogP contribution in [0.25, 0.3) is 0 Å². The zero-order chi connectivity index (χ0) is 24.9. The van der Waals surface area contributed by atoms with Gasteiger partial charge in [-0.25, -0.2) is 9.97 Å². The van der Waals surface area contributed by atoms with E-state index in [9.17, 15) is 0 Å². The second-order valence-electron chi connectivity index (χ2n) is 11.1. The van der Waals surface area contributed by atoms with Crippen LogP contribution in [-0.4, -0.2) is 61.6 Å². The zero-order valence-electron chi connectivity index (χ0n) is 20.8. The molecule has 8 heteroatoms. The first-order chi connectivity index (χ1) is 18.1. The van der Waals surface area contributed by atoms with Crippen molar-refractivity contribution in [2.75, 3.05) is 44.4 Å². The van der Waals surface area contributed by atoms with E-state index in [1.54, 1.807) is 0 Å². The Kier molecular flexibility index (Phi) is 5.57. The standard InChI is InChI=1S/C29H32N4O4/c30-22-11-26(12-22)37-25-7-3-21(4-8-25)29(18-35-19-29)20-1-5-24(6-2-20)36-13-23-9-10-31-27(32-23)33-14-28(15-33)16-34-17-28/h1-10,22,26H,11-19,30H2. The van der Waals surface area contributed by atoms with Crippen molar-refractivity contribution in [2.45, 2.75) is 37.0 Å². The zero-order valence-corrected chi connectivity index (χ0v) is 20.8. The lowest BCUT2D eigenvalue weighted by Crippen LogP contribution is -2.66. The van der Waals surface area contributed by atoms with Crippen LogP contribution in [-0.2, 0) is 21.5 Å². The SMILES string of the molecule is NC1CC(Oc2ccc(C3(c4ccc(OCc5ccnc(N6CC7(COC7)C6)n5)cc4)COC3)cc2)C1. The molecule has 1 saturated carbocycles. The molecular formula is C29H32N4O4. The molecule has 3 aliphatic heterocycles. The van der Waals surface area contributed by atoms with Gasteiger partial charge in [0.2, 0.25) is 5.95 Å². The number of aromatic nitrogens is 2. The van der Waals surface area contributed by atoms with Crippen LogP contribution < -0.4 is 20.1 Å². The third-order valence-electron chi connectivity index (χ3n) is 8.18.